The van der Waals surface area contributed by atoms with Crippen LogP contribution in [0.1, 0.15) is 37.0 Å². The van der Waals surface area contributed by atoms with Gasteiger partial charge in [-0.15, -0.1) is 0 Å². The smallest absolute Gasteiger partial charge is 0.342 e. The monoisotopic (exact) mass is 391 g/mol. The quantitative estimate of drug-likeness (QED) is 0.768. The number of esters is 1. The van der Waals surface area contributed by atoms with E-state index in [-0.39, 0.29) is 11.3 Å². The maximum absolute atomic E-state index is 12.6. The second-order valence-corrected chi connectivity index (χ2v) is 7.79. The number of piperidine rings is 1. The molecule has 1 saturated heterocycles. The van der Waals surface area contributed by atoms with E-state index < -0.39 is 11.6 Å². The highest BCUT2D eigenvalue weighted by atomic mass is 79.9. The Morgan fingerprint density at radius 2 is 1.92 bits per heavy atom. The second kappa shape index (κ2) is 6.73. The Hall–Kier alpha value is -1.59. The fourth-order valence-electron chi connectivity index (χ4n) is 3.31. The van der Waals surface area contributed by atoms with E-state index in [0.717, 1.165) is 41.2 Å². The molecule has 3 rings (SSSR count). The number of hydrogen-bond acceptors (Lipinski definition) is 4. The molecule has 1 aliphatic heterocycles. The van der Waals surface area contributed by atoms with Crippen molar-refractivity contribution in [1.82, 2.24) is 5.32 Å². The van der Waals surface area contributed by atoms with E-state index in [2.05, 4.69) is 21.2 Å². The first kappa shape index (κ1) is 17.2. The van der Waals surface area contributed by atoms with Crippen LogP contribution in [0, 0.1) is 5.92 Å². The Balaban J connectivity index is 1.86. The van der Waals surface area contributed by atoms with Crippen molar-refractivity contribution in [2.24, 2.45) is 5.92 Å². The van der Waals surface area contributed by atoms with Gasteiger partial charge in [0.2, 0.25) is 0 Å². The molecule has 0 radical (unpaired) electrons. The van der Waals surface area contributed by atoms with E-state index in [1.54, 1.807) is 12.1 Å². The van der Waals surface area contributed by atoms with Crippen molar-refractivity contribution >= 4 is 32.7 Å². The molecule has 4 nitrogen and oxygen atoms in total. The molecular weight excluding hydrogens is 370 g/mol. The molecule has 0 bridgehead atoms. The minimum atomic E-state index is -0.558. The molecule has 0 atom stereocenters. The maximum Gasteiger partial charge on any atom is 0.342 e. The fraction of sp³-hybridized carbons (Fsp3) is 0.421. The lowest BCUT2D eigenvalue weighted by molar-refractivity contribution is -0.0369. The van der Waals surface area contributed by atoms with Gasteiger partial charge in [-0.2, -0.15) is 0 Å². The van der Waals surface area contributed by atoms with Gasteiger partial charge in [0.25, 0.3) is 0 Å². The van der Waals surface area contributed by atoms with Crippen LogP contribution >= 0.6 is 15.9 Å². The zero-order valence-corrected chi connectivity index (χ0v) is 15.5. The number of hydrogen-bond donors (Lipinski definition) is 2. The van der Waals surface area contributed by atoms with Crippen LogP contribution in [-0.2, 0) is 4.74 Å². The average molecular weight is 392 g/mol. The summed E-state index contributed by atoms with van der Waals surface area (Å²) in [7, 11) is 0. The van der Waals surface area contributed by atoms with Gasteiger partial charge in [0.05, 0.1) is 0 Å². The van der Waals surface area contributed by atoms with Gasteiger partial charge in [0, 0.05) is 10.4 Å². The summed E-state index contributed by atoms with van der Waals surface area (Å²) < 4.78 is 6.71. The molecule has 24 heavy (non-hydrogen) atoms. The number of benzene rings is 2. The van der Waals surface area contributed by atoms with Crippen LogP contribution in [-0.4, -0.2) is 29.8 Å². The number of rotatable bonds is 3. The largest absolute Gasteiger partial charge is 0.507 e. The molecule has 1 fully saturated rings. The summed E-state index contributed by atoms with van der Waals surface area (Å²) in [6, 6.07) is 9.02. The van der Waals surface area contributed by atoms with Gasteiger partial charge in [-0.3, -0.25) is 0 Å². The van der Waals surface area contributed by atoms with Crippen LogP contribution in [0.5, 0.6) is 5.75 Å². The third-order valence-electron chi connectivity index (χ3n) is 4.81. The van der Waals surface area contributed by atoms with Gasteiger partial charge in [0.15, 0.2) is 0 Å². The first-order valence-corrected chi connectivity index (χ1v) is 9.02. The summed E-state index contributed by atoms with van der Waals surface area (Å²) in [5.74, 6) is -0.201. The first-order valence-electron chi connectivity index (χ1n) is 8.23. The van der Waals surface area contributed by atoms with Gasteiger partial charge in [0.1, 0.15) is 16.9 Å². The summed E-state index contributed by atoms with van der Waals surface area (Å²) in [5, 5.41) is 15.3. The number of carbonyl (C=O) groups is 1. The number of aromatic hydroxyl groups is 1. The number of halogens is 1. The van der Waals surface area contributed by atoms with E-state index in [4.69, 9.17) is 4.74 Å². The van der Waals surface area contributed by atoms with Crippen molar-refractivity contribution < 1.29 is 14.6 Å². The molecule has 0 aromatic heterocycles. The number of carbonyl (C=O) groups excluding carboxylic acids is 1. The van der Waals surface area contributed by atoms with E-state index in [9.17, 15) is 9.90 Å². The van der Waals surface area contributed by atoms with Crippen LogP contribution < -0.4 is 5.32 Å². The van der Waals surface area contributed by atoms with Crippen LogP contribution in [0.2, 0.25) is 0 Å². The van der Waals surface area contributed by atoms with E-state index in [1.807, 2.05) is 32.0 Å². The topological polar surface area (TPSA) is 58.6 Å². The minimum absolute atomic E-state index is 0.0454. The highest BCUT2D eigenvalue weighted by Crippen LogP contribution is 2.32. The van der Waals surface area contributed by atoms with Crippen LogP contribution in [0.3, 0.4) is 0 Å². The summed E-state index contributed by atoms with van der Waals surface area (Å²) in [6.07, 6.45) is 1.97. The summed E-state index contributed by atoms with van der Waals surface area (Å²) in [4.78, 5) is 12.6. The molecule has 5 heteroatoms. The van der Waals surface area contributed by atoms with Gasteiger partial charge < -0.3 is 15.2 Å². The Labute approximate surface area is 150 Å². The highest BCUT2D eigenvalue weighted by molar-refractivity contribution is 9.10. The molecule has 2 aromatic carbocycles. The van der Waals surface area contributed by atoms with Gasteiger partial charge in [-0.25, -0.2) is 4.79 Å². The molecule has 128 valence electrons. The molecule has 2 N–H and O–H groups in total. The minimum Gasteiger partial charge on any atom is -0.507 e. The molecule has 1 aliphatic rings. The third kappa shape index (κ3) is 3.57. The molecule has 0 saturated carbocycles. The van der Waals surface area contributed by atoms with Crippen molar-refractivity contribution in [3.05, 3.63) is 40.4 Å². The summed E-state index contributed by atoms with van der Waals surface area (Å²) in [6.45, 7) is 5.80. The molecule has 1 heterocycles. The van der Waals surface area contributed by atoms with Crippen molar-refractivity contribution in [2.45, 2.75) is 32.3 Å². The summed E-state index contributed by atoms with van der Waals surface area (Å²) in [5.41, 5.74) is -0.347. The van der Waals surface area contributed by atoms with E-state index >= 15 is 0 Å². The molecule has 2 aromatic rings. The number of phenolic OH excluding ortho intramolecular Hbond substituents is 1. The predicted molar refractivity (Wildman–Crippen MR) is 98.4 cm³/mol. The Kier molecular flexibility index (Phi) is 4.83. The van der Waals surface area contributed by atoms with Crippen LogP contribution in [0.25, 0.3) is 10.8 Å². The normalized spacial score (nSPS) is 16.3. The van der Waals surface area contributed by atoms with Crippen molar-refractivity contribution in [3.63, 3.8) is 0 Å². The standard InChI is InChI=1S/C19H22BrNO3/c1-19(2,14-5-7-21-8-6-14)24-18(23)16-10-13-9-15(20)4-3-12(13)11-17(16)22/h3-4,9-11,14,21-22H,5-8H2,1-2H3. The van der Waals surface area contributed by atoms with Crippen molar-refractivity contribution in [3.8, 4) is 5.75 Å². The zero-order chi connectivity index (χ0) is 17.3. The zero-order valence-electron chi connectivity index (χ0n) is 13.9. The first-order chi connectivity index (χ1) is 11.4. The van der Waals surface area contributed by atoms with Gasteiger partial charge in [-0.05, 0) is 74.8 Å². The Bertz CT molecular complexity index is 767. The lowest BCUT2D eigenvalue weighted by atomic mass is 9.83. The molecular formula is C19H22BrNO3. The average Bonchev–Trinajstić information content (AvgIpc) is 2.55. The predicted octanol–water partition coefficient (Wildman–Crippen LogP) is 4.24. The second-order valence-electron chi connectivity index (χ2n) is 6.88. The molecule has 0 amide bonds. The SMILES string of the molecule is CC(C)(OC(=O)c1cc2cc(Br)ccc2cc1O)C1CCNCC1. The molecule has 0 spiro atoms. The van der Waals surface area contributed by atoms with E-state index in [0.29, 0.717) is 5.92 Å². The van der Waals surface area contributed by atoms with Gasteiger partial charge in [-0.1, -0.05) is 22.0 Å². The van der Waals surface area contributed by atoms with Gasteiger partial charge >= 0.3 is 5.97 Å². The van der Waals surface area contributed by atoms with Crippen molar-refractivity contribution in [2.75, 3.05) is 13.1 Å². The van der Waals surface area contributed by atoms with E-state index in [1.165, 1.54) is 0 Å². The third-order valence-corrected chi connectivity index (χ3v) is 5.31. The van der Waals surface area contributed by atoms with Crippen LogP contribution in [0.15, 0.2) is 34.8 Å². The number of nitrogens with one attached hydrogen (secondary N) is 1. The Morgan fingerprint density at radius 3 is 2.62 bits per heavy atom. The lowest BCUT2D eigenvalue weighted by Gasteiger charge is -2.36. The fourth-order valence-corrected chi connectivity index (χ4v) is 3.69. The van der Waals surface area contributed by atoms with Crippen LogP contribution in [0.4, 0.5) is 0 Å². The number of ether oxygens (including phenoxy) is 1. The maximum atomic E-state index is 12.6. The number of fused-ring (bicyclic) bond motifs is 1. The Morgan fingerprint density at radius 1 is 1.21 bits per heavy atom. The number of phenols is 1. The highest BCUT2D eigenvalue weighted by Gasteiger charge is 2.35. The summed E-state index contributed by atoms with van der Waals surface area (Å²) >= 11 is 3.43. The molecule has 0 unspecified atom stereocenters. The van der Waals surface area contributed by atoms with Crippen molar-refractivity contribution in [1.29, 1.82) is 0 Å². The lowest BCUT2D eigenvalue weighted by Crippen LogP contribution is -2.42. The molecule has 0 aliphatic carbocycles.